The Balaban J connectivity index is 2.04. The zero-order valence-electron chi connectivity index (χ0n) is 15.3. The highest BCUT2D eigenvalue weighted by Crippen LogP contribution is 2.17. The minimum absolute atomic E-state index is 0.112. The summed E-state index contributed by atoms with van der Waals surface area (Å²) in [5.74, 6) is 0.526. The maximum Gasteiger partial charge on any atom is 0.191 e. The summed E-state index contributed by atoms with van der Waals surface area (Å²) in [7, 11) is 5.92. The van der Waals surface area contributed by atoms with E-state index in [9.17, 15) is 4.39 Å². The maximum absolute atomic E-state index is 13.2. The molecule has 1 aromatic carbocycles. The van der Waals surface area contributed by atoms with E-state index in [2.05, 4.69) is 25.6 Å². The van der Waals surface area contributed by atoms with E-state index >= 15 is 0 Å². The standard InChI is InChI=1S/C18H27FN6/c1-5-20-18(21-12-16-10-11-23-25(16)4)22-13-17(24(2)3)14-6-8-15(19)9-7-14/h6-11,17H,5,12-13H2,1-4H3,(H2,20,21,22). The Bertz CT molecular complexity index is 677. The van der Waals surface area contributed by atoms with E-state index in [1.54, 1.807) is 6.20 Å². The molecule has 136 valence electrons. The van der Waals surface area contributed by atoms with Crippen molar-refractivity contribution >= 4 is 5.96 Å². The molecule has 0 fully saturated rings. The number of rotatable bonds is 7. The normalized spacial score (nSPS) is 13.1. The van der Waals surface area contributed by atoms with Gasteiger partial charge in [0, 0.05) is 26.3 Å². The molecule has 2 aromatic rings. The lowest BCUT2D eigenvalue weighted by molar-refractivity contribution is 0.298. The first kappa shape index (κ1) is 18.9. The maximum atomic E-state index is 13.2. The van der Waals surface area contributed by atoms with E-state index in [0.717, 1.165) is 23.8 Å². The van der Waals surface area contributed by atoms with Crippen molar-refractivity contribution in [2.24, 2.45) is 12.0 Å². The zero-order chi connectivity index (χ0) is 18.2. The summed E-state index contributed by atoms with van der Waals surface area (Å²) in [4.78, 5) is 6.71. The molecule has 0 amide bonds. The van der Waals surface area contributed by atoms with Crippen LogP contribution in [0.15, 0.2) is 41.5 Å². The summed E-state index contributed by atoms with van der Waals surface area (Å²) in [6, 6.07) is 8.69. The molecule has 1 heterocycles. The molecule has 0 spiro atoms. The SMILES string of the molecule is CCNC(=NCc1ccnn1C)NCC(c1ccc(F)cc1)N(C)C. The van der Waals surface area contributed by atoms with Crippen LogP contribution in [0.3, 0.4) is 0 Å². The van der Waals surface area contributed by atoms with Crippen molar-refractivity contribution in [3.63, 3.8) is 0 Å². The van der Waals surface area contributed by atoms with Crippen LogP contribution < -0.4 is 10.6 Å². The highest BCUT2D eigenvalue weighted by Gasteiger charge is 2.14. The van der Waals surface area contributed by atoms with Crippen molar-refractivity contribution in [1.82, 2.24) is 25.3 Å². The number of nitrogens with zero attached hydrogens (tertiary/aromatic N) is 4. The number of hydrogen-bond donors (Lipinski definition) is 2. The van der Waals surface area contributed by atoms with Gasteiger partial charge in [-0.25, -0.2) is 9.38 Å². The van der Waals surface area contributed by atoms with Gasteiger partial charge in [0.05, 0.1) is 18.3 Å². The molecular formula is C18H27FN6. The Kier molecular flexibility index (Phi) is 6.94. The first-order valence-corrected chi connectivity index (χ1v) is 8.42. The fourth-order valence-electron chi connectivity index (χ4n) is 2.54. The summed E-state index contributed by atoms with van der Waals surface area (Å²) in [6.45, 7) is 4.02. The lowest BCUT2D eigenvalue weighted by atomic mass is 10.1. The molecule has 1 unspecified atom stereocenters. The summed E-state index contributed by atoms with van der Waals surface area (Å²) in [5.41, 5.74) is 2.10. The van der Waals surface area contributed by atoms with Crippen LogP contribution in [-0.4, -0.2) is 47.8 Å². The second kappa shape index (κ2) is 9.17. The summed E-state index contributed by atoms with van der Waals surface area (Å²) in [5, 5.41) is 10.8. The molecule has 6 nitrogen and oxygen atoms in total. The Morgan fingerprint density at radius 3 is 2.52 bits per heavy atom. The van der Waals surface area contributed by atoms with Gasteiger partial charge < -0.3 is 15.5 Å². The van der Waals surface area contributed by atoms with Gasteiger partial charge >= 0.3 is 0 Å². The molecule has 1 atom stereocenters. The van der Waals surface area contributed by atoms with Gasteiger partial charge in [-0.15, -0.1) is 0 Å². The Hall–Kier alpha value is -2.41. The van der Waals surface area contributed by atoms with Crippen molar-refractivity contribution in [1.29, 1.82) is 0 Å². The number of aliphatic imine (C=N–C) groups is 1. The van der Waals surface area contributed by atoms with Crippen LogP contribution in [0.5, 0.6) is 0 Å². The molecule has 0 aliphatic carbocycles. The zero-order valence-corrected chi connectivity index (χ0v) is 15.3. The molecule has 0 aliphatic rings. The largest absolute Gasteiger partial charge is 0.357 e. The highest BCUT2D eigenvalue weighted by molar-refractivity contribution is 5.79. The van der Waals surface area contributed by atoms with Crippen LogP contribution >= 0.6 is 0 Å². The molecule has 0 radical (unpaired) electrons. The van der Waals surface area contributed by atoms with E-state index < -0.39 is 0 Å². The number of nitrogens with one attached hydrogen (secondary N) is 2. The van der Waals surface area contributed by atoms with E-state index in [1.165, 1.54) is 12.1 Å². The first-order chi connectivity index (χ1) is 12.0. The van der Waals surface area contributed by atoms with Crippen LogP contribution in [0.2, 0.25) is 0 Å². The average molecular weight is 346 g/mol. The minimum atomic E-state index is -0.222. The summed E-state index contributed by atoms with van der Waals surface area (Å²) < 4.78 is 15.0. The van der Waals surface area contributed by atoms with Crippen LogP contribution in [-0.2, 0) is 13.6 Å². The molecule has 0 bridgehead atoms. The van der Waals surface area contributed by atoms with Gasteiger partial charge in [0.15, 0.2) is 5.96 Å². The molecule has 25 heavy (non-hydrogen) atoms. The van der Waals surface area contributed by atoms with E-state index in [-0.39, 0.29) is 11.9 Å². The van der Waals surface area contributed by atoms with E-state index in [4.69, 9.17) is 0 Å². The van der Waals surface area contributed by atoms with E-state index in [1.807, 2.05) is 50.9 Å². The second-order valence-corrected chi connectivity index (χ2v) is 6.05. The second-order valence-electron chi connectivity index (χ2n) is 6.05. The smallest absolute Gasteiger partial charge is 0.191 e. The number of aromatic nitrogens is 2. The van der Waals surface area contributed by atoms with Crippen LogP contribution in [0.25, 0.3) is 0 Å². The lowest BCUT2D eigenvalue weighted by Crippen LogP contribution is -2.41. The quantitative estimate of drug-likeness (QED) is 0.594. The van der Waals surface area contributed by atoms with Crippen molar-refractivity contribution in [2.75, 3.05) is 27.2 Å². The molecule has 0 aliphatic heterocycles. The predicted octanol–water partition coefficient (Wildman–Crippen LogP) is 1.92. The van der Waals surface area contributed by atoms with Gasteiger partial charge in [-0.3, -0.25) is 4.68 Å². The van der Waals surface area contributed by atoms with Gasteiger partial charge in [0.25, 0.3) is 0 Å². The molecular weight excluding hydrogens is 319 g/mol. The third-order valence-electron chi connectivity index (χ3n) is 4.01. The summed E-state index contributed by atoms with van der Waals surface area (Å²) in [6.07, 6.45) is 1.77. The highest BCUT2D eigenvalue weighted by atomic mass is 19.1. The molecule has 1 aromatic heterocycles. The monoisotopic (exact) mass is 346 g/mol. The van der Waals surface area contributed by atoms with Crippen molar-refractivity contribution in [3.8, 4) is 0 Å². The van der Waals surface area contributed by atoms with E-state index in [0.29, 0.717) is 13.1 Å². The number of hydrogen-bond acceptors (Lipinski definition) is 3. The predicted molar refractivity (Wildman–Crippen MR) is 98.9 cm³/mol. The number of aryl methyl sites for hydroxylation is 1. The fourth-order valence-corrected chi connectivity index (χ4v) is 2.54. The van der Waals surface area contributed by atoms with Gasteiger partial charge in [0.2, 0.25) is 0 Å². The number of benzene rings is 1. The molecule has 0 saturated heterocycles. The molecule has 7 heteroatoms. The van der Waals surface area contributed by atoms with Crippen LogP contribution in [0.4, 0.5) is 4.39 Å². The Labute approximate surface area is 148 Å². The topological polar surface area (TPSA) is 57.5 Å². The van der Waals surface area contributed by atoms with Gasteiger partial charge in [-0.2, -0.15) is 5.10 Å². The number of guanidine groups is 1. The van der Waals surface area contributed by atoms with Crippen molar-refractivity contribution in [3.05, 3.63) is 53.6 Å². The fraction of sp³-hybridized carbons (Fsp3) is 0.444. The first-order valence-electron chi connectivity index (χ1n) is 8.42. The summed E-state index contributed by atoms with van der Waals surface area (Å²) >= 11 is 0. The Morgan fingerprint density at radius 2 is 1.96 bits per heavy atom. The number of likely N-dealkylation sites (N-methyl/N-ethyl adjacent to an activating group) is 1. The van der Waals surface area contributed by atoms with Gasteiger partial charge in [-0.1, -0.05) is 12.1 Å². The van der Waals surface area contributed by atoms with Crippen molar-refractivity contribution in [2.45, 2.75) is 19.5 Å². The lowest BCUT2D eigenvalue weighted by Gasteiger charge is -2.26. The minimum Gasteiger partial charge on any atom is -0.357 e. The molecule has 2 rings (SSSR count). The van der Waals surface area contributed by atoms with Crippen LogP contribution in [0, 0.1) is 5.82 Å². The third kappa shape index (κ3) is 5.56. The van der Waals surface area contributed by atoms with Crippen molar-refractivity contribution < 1.29 is 4.39 Å². The van der Waals surface area contributed by atoms with Crippen LogP contribution in [0.1, 0.15) is 24.2 Å². The molecule has 0 saturated carbocycles. The van der Waals surface area contributed by atoms with Gasteiger partial charge in [-0.05, 0) is 44.8 Å². The Morgan fingerprint density at radius 1 is 1.24 bits per heavy atom. The average Bonchev–Trinajstić information content (AvgIpc) is 2.99. The van der Waals surface area contributed by atoms with Gasteiger partial charge in [0.1, 0.15) is 5.82 Å². The molecule has 2 N–H and O–H groups in total. The third-order valence-corrected chi connectivity index (χ3v) is 4.01. The number of halogens is 1.